The fraction of sp³-hybridized carbons (Fsp3) is 0.444. The van der Waals surface area contributed by atoms with Crippen molar-refractivity contribution in [1.82, 2.24) is 9.80 Å². The minimum absolute atomic E-state index is 0.0923. The predicted octanol–water partition coefficient (Wildman–Crippen LogP) is 4.18. The number of likely N-dealkylation sites (tertiary alicyclic amines) is 1. The Balaban J connectivity index is 1.71. The number of nitrogens with zero attached hydrogens (tertiary/aromatic N) is 2. The fourth-order valence-corrected chi connectivity index (χ4v) is 4.19. The van der Waals surface area contributed by atoms with Gasteiger partial charge in [0, 0.05) is 25.6 Å². The molecule has 1 aliphatic heterocycles. The first-order chi connectivity index (χ1) is 16.1. The second-order valence-corrected chi connectivity index (χ2v) is 8.02. The van der Waals surface area contributed by atoms with Crippen LogP contribution in [0.3, 0.4) is 0 Å². The second-order valence-electron chi connectivity index (χ2n) is 8.02. The lowest BCUT2D eigenvalue weighted by molar-refractivity contribution is 0.0544. The van der Waals surface area contributed by atoms with E-state index in [4.69, 9.17) is 14.2 Å². The van der Waals surface area contributed by atoms with E-state index in [1.54, 1.807) is 26.4 Å². The fourth-order valence-electron chi connectivity index (χ4n) is 4.19. The molecule has 1 aliphatic rings. The van der Waals surface area contributed by atoms with Crippen LogP contribution in [0.25, 0.3) is 0 Å². The number of methoxy groups -OCH3 is 2. The van der Waals surface area contributed by atoms with Gasteiger partial charge >= 0.3 is 0 Å². The molecule has 0 saturated carbocycles. The van der Waals surface area contributed by atoms with Crippen LogP contribution in [-0.2, 0) is 11.3 Å². The summed E-state index contributed by atoms with van der Waals surface area (Å²) in [6, 6.07) is 13.7. The maximum Gasteiger partial charge on any atom is 0.258 e. The Morgan fingerprint density at radius 1 is 1.18 bits per heavy atom. The zero-order valence-corrected chi connectivity index (χ0v) is 20.1. The molecule has 0 aromatic heterocycles. The molecule has 33 heavy (non-hydrogen) atoms. The molecule has 1 atom stereocenters. The number of carbonyl (C=O) groups excluding carboxylic acids is 1. The van der Waals surface area contributed by atoms with Crippen molar-refractivity contribution < 1.29 is 19.0 Å². The Labute approximate surface area is 197 Å². The monoisotopic (exact) mass is 450 g/mol. The summed E-state index contributed by atoms with van der Waals surface area (Å²) in [4.78, 5) is 17.6. The zero-order valence-electron chi connectivity index (χ0n) is 20.1. The molecular weight excluding hydrogens is 416 g/mol. The van der Waals surface area contributed by atoms with Crippen molar-refractivity contribution in [3.8, 4) is 23.3 Å². The van der Waals surface area contributed by atoms with E-state index in [-0.39, 0.29) is 12.1 Å². The van der Waals surface area contributed by atoms with E-state index < -0.39 is 0 Å². The number of ether oxygens (including phenoxy) is 3. The lowest BCUT2D eigenvalue weighted by atomic mass is 10.1. The van der Waals surface area contributed by atoms with Gasteiger partial charge in [0.25, 0.3) is 5.91 Å². The van der Waals surface area contributed by atoms with E-state index in [0.29, 0.717) is 42.3 Å². The van der Waals surface area contributed by atoms with Gasteiger partial charge in [-0.25, -0.2) is 0 Å². The lowest BCUT2D eigenvalue weighted by Crippen LogP contribution is -2.45. The topological polar surface area (TPSA) is 51.2 Å². The Bertz CT molecular complexity index is 981. The molecule has 1 heterocycles. The van der Waals surface area contributed by atoms with E-state index in [0.717, 1.165) is 31.5 Å². The molecule has 1 fully saturated rings. The van der Waals surface area contributed by atoms with Gasteiger partial charge in [-0.1, -0.05) is 49.1 Å². The number of hydrogen-bond acceptors (Lipinski definition) is 5. The van der Waals surface area contributed by atoms with Crippen molar-refractivity contribution in [3.05, 3.63) is 59.2 Å². The van der Waals surface area contributed by atoms with Crippen molar-refractivity contribution in [1.29, 1.82) is 0 Å². The van der Waals surface area contributed by atoms with E-state index in [9.17, 15) is 4.79 Å². The average Bonchev–Trinajstić information content (AvgIpc) is 3.34. The maximum atomic E-state index is 13.4. The minimum Gasteiger partial charge on any atom is -0.493 e. The van der Waals surface area contributed by atoms with Gasteiger partial charge in [-0.15, -0.1) is 0 Å². The first-order valence-corrected chi connectivity index (χ1v) is 11.5. The quantitative estimate of drug-likeness (QED) is 0.424. The normalized spacial score (nSPS) is 15.6. The summed E-state index contributed by atoms with van der Waals surface area (Å²) < 4.78 is 16.8. The third-order valence-electron chi connectivity index (χ3n) is 5.93. The molecule has 1 amide bonds. The van der Waals surface area contributed by atoms with E-state index in [2.05, 4.69) is 23.7 Å². The number of hydrogen-bond donors (Lipinski definition) is 0. The average molecular weight is 451 g/mol. The standard InChI is InChI=1S/C27H34N2O4/c1-5-29-16-11-15-25(29)28(2)27(30)23-18-22(19-24(31-3)26(23)32-4)14-9-10-17-33-20-21-12-7-6-8-13-21/h6-8,12-13,18-19,25H,5,10-11,15-17,20H2,1-4H3. The first kappa shape index (κ1) is 24.6. The lowest BCUT2D eigenvalue weighted by Gasteiger charge is -2.32. The van der Waals surface area contributed by atoms with E-state index in [1.807, 2.05) is 42.3 Å². The number of carbonyl (C=O) groups is 1. The summed E-state index contributed by atoms with van der Waals surface area (Å²) in [5.41, 5.74) is 2.32. The van der Waals surface area contributed by atoms with Crippen LogP contribution in [0.5, 0.6) is 11.5 Å². The van der Waals surface area contributed by atoms with Crippen molar-refractivity contribution in [2.24, 2.45) is 0 Å². The van der Waals surface area contributed by atoms with Crippen LogP contribution in [-0.4, -0.2) is 62.8 Å². The molecular formula is C27H34N2O4. The van der Waals surface area contributed by atoms with Gasteiger partial charge in [0.15, 0.2) is 11.5 Å². The molecule has 0 aliphatic carbocycles. The summed E-state index contributed by atoms with van der Waals surface area (Å²) in [5.74, 6) is 7.13. The zero-order chi connectivity index (χ0) is 23.6. The van der Waals surface area contributed by atoms with Crippen LogP contribution in [0, 0.1) is 11.8 Å². The van der Waals surface area contributed by atoms with E-state index in [1.165, 1.54) is 0 Å². The highest BCUT2D eigenvalue weighted by Crippen LogP contribution is 2.34. The molecule has 2 aromatic carbocycles. The van der Waals surface area contributed by atoms with Gasteiger partial charge in [0.05, 0.1) is 39.2 Å². The molecule has 3 rings (SSSR count). The molecule has 0 bridgehead atoms. The van der Waals surface area contributed by atoms with Crippen molar-refractivity contribution in [2.45, 2.75) is 39.0 Å². The summed E-state index contributed by atoms with van der Waals surface area (Å²) in [5, 5.41) is 0. The largest absolute Gasteiger partial charge is 0.493 e. The summed E-state index contributed by atoms with van der Waals surface area (Å²) in [6.07, 6.45) is 2.75. The van der Waals surface area contributed by atoms with Crippen LogP contribution in [0.4, 0.5) is 0 Å². The van der Waals surface area contributed by atoms with E-state index >= 15 is 0 Å². The van der Waals surface area contributed by atoms with Crippen LogP contribution < -0.4 is 9.47 Å². The number of amides is 1. The van der Waals surface area contributed by atoms with Crippen molar-refractivity contribution >= 4 is 5.91 Å². The predicted molar refractivity (Wildman–Crippen MR) is 130 cm³/mol. The van der Waals surface area contributed by atoms with Crippen molar-refractivity contribution in [2.75, 3.05) is 41.0 Å². The summed E-state index contributed by atoms with van der Waals surface area (Å²) in [7, 11) is 4.98. The summed E-state index contributed by atoms with van der Waals surface area (Å²) >= 11 is 0. The SMILES string of the molecule is CCN1CCCC1N(C)C(=O)c1cc(C#CCCOCc2ccccc2)cc(OC)c1OC. The Kier molecular flexibility index (Phi) is 9.17. The molecule has 1 unspecified atom stereocenters. The third kappa shape index (κ3) is 6.28. The van der Waals surface area contributed by atoms with Crippen molar-refractivity contribution in [3.63, 3.8) is 0 Å². The van der Waals surface area contributed by atoms with Gasteiger partial charge in [-0.05, 0) is 37.1 Å². The third-order valence-corrected chi connectivity index (χ3v) is 5.93. The van der Waals surface area contributed by atoms with Gasteiger partial charge in [0.1, 0.15) is 0 Å². The summed E-state index contributed by atoms with van der Waals surface area (Å²) in [6.45, 7) is 5.16. The Hall–Kier alpha value is -3.01. The van der Waals surface area contributed by atoms with Crippen LogP contribution in [0.2, 0.25) is 0 Å². The Morgan fingerprint density at radius 3 is 2.67 bits per heavy atom. The molecule has 0 N–H and O–H groups in total. The molecule has 176 valence electrons. The highest BCUT2D eigenvalue weighted by atomic mass is 16.5. The second kappa shape index (κ2) is 12.3. The molecule has 2 aromatic rings. The van der Waals surface area contributed by atoms with Gasteiger partial charge < -0.3 is 19.1 Å². The molecule has 6 nitrogen and oxygen atoms in total. The van der Waals surface area contributed by atoms with Crippen LogP contribution >= 0.6 is 0 Å². The highest BCUT2D eigenvalue weighted by Gasteiger charge is 2.31. The Morgan fingerprint density at radius 2 is 1.97 bits per heavy atom. The molecule has 0 spiro atoms. The van der Waals surface area contributed by atoms with Crippen LogP contribution in [0.15, 0.2) is 42.5 Å². The first-order valence-electron chi connectivity index (χ1n) is 11.5. The maximum absolute atomic E-state index is 13.4. The number of benzene rings is 2. The van der Waals surface area contributed by atoms with Crippen LogP contribution in [0.1, 0.15) is 47.7 Å². The smallest absolute Gasteiger partial charge is 0.258 e. The molecule has 1 saturated heterocycles. The molecule has 0 radical (unpaired) electrons. The van der Waals surface area contributed by atoms with Gasteiger partial charge in [-0.3, -0.25) is 9.69 Å². The highest BCUT2D eigenvalue weighted by molar-refractivity contribution is 5.98. The number of rotatable bonds is 9. The minimum atomic E-state index is -0.0923. The van der Waals surface area contributed by atoms with Gasteiger partial charge in [0.2, 0.25) is 0 Å². The van der Waals surface area contributed by atoms with Gasteiger partial charge in [-0.2, -0.15) is 0 Å². The molecule has 6 heteroatoms.